The number of halogens is 1. The van der Waals surface area contributed by atoms with Crippen LogP contribution in [0.5, 0.6) is 0 Å². The Morgan fingerprint density at radius 1 is 1.10 bits per heavy atom. The molecule has 2 aromatic rings. The molecule has 0 bridgehead atoms. The quantitative estimate of drug-likeness (QED) is 0.903. The lowest BCUT2D eigenvalue weighted by Crippen LogP contribution is -2.13. The maximum absolute atomic E-state index is 13.1. The molecule has 5 heteroatoms. The summed E-state index contributed by atoms with van der Waals surface area (Å²) in [5.74, 6) is -2.07. The Morgan fingerprint density at radius 2 is 1.85 bits per heavy atom. The second-order valence-corrected chi connectivity index (χ2v) is 4.30. The number of hydrogen-bond donors (Lipinski definition) is 2. The summed E-state index contributed by atoms with van der Waals surface area (Å²) in [6.45, 7) is 1.74. The Morgan fingerprint density at radius 3 is 2.50 bits per heavy atom. The van der Waals surface area contributed by atoms with Gasteiger partial charge in [0.05, 0.1) is 5.56 Å². The highest BCUT2D eigenvalue weighted by Gasteiger charge is 2.11. The molecule has 4 nitrogen and oxygen atoms in total. The van der Waals surface area contributed by atoms with Gasteiger partial charge in [-0.2, -0.15) is 0 Å². The van der Waals surface area contributed by atoms with Crippen LogP contribution in [-0.2, 0) is 0 Å². The van der Waals surface area contributed by atoms with E-state index in [1.807, 2.05) is 0 Å². The number of benzene rings is 2. The van der Waals surface area contributed by atoms with Crippen LogP contribution in [0.1, 0.15) is 26.3 Å². The number of aryl methyl sites for hydroxylation is 1. The van der Waals surface area contributed by atoms with Gasteiger partial charge in [0.1, 0.15) is 5.82 Å². The monoisotopic (exact) mass is 273 g/mol. The van der Waals surface area contributed by atoms with Crippen molar-refractivity contribution in [2.45, 2.75) is 6.92 Å². The summed E-state index contributed by atoms with van der Waals surface area (Å²) in [6.07, 6.45) is 0. The molecule has 0 radical (unpaired) electrons. The fourth-order valence-electron chi connectivity index (χ4n) is 1.71. The molecule has 0 heterocycles. The predicted octanol–water partition coefficient (Wildman–Crippen LogP) is 3.08. The minimum atomic E-state index is -1.08. The molecule has 0 saturated heterocycles. The minimum Gasteiger partial charge on any atom is -0.478 e. The van der Waals surface area contributed by atoms with Gasteiger partial charge in [-0.05, 0) is 42.8 Å². The first-order valence-electron chi connectivity index (χ1n) is 5.88. The summed E-state index contributed by atoms with van der Waals surface area (Å²) >= 11 is 0. The van der Waals surface area contributed by atoms with Crippen molar-refractivity contribution in [1.29, 1.82) is 0 Å². The van der Waals surface area contributed by atoms with E-state index in [1.165, 1.54) is 30.3 Å². The molecule has 0 fully saturated rings. The van der Waals surface area contributed by atoms with E-state index >= 15 is 0 Å². The fourth-order valence-corrected chi connectivity index (χ4v) is 1.71. The van der Waals surface area contributed by atoms with Gasteiger partial charge in [-0.3, -0.25) is 4.79 Å². The summed E-state index contributed by atoms with van der Waals surface area (Å²) in [5.41, 5.74) is 1.36. The van der Waals surface area contributed by atoms with Crippen molar-refractivity contribution >= 4 is 17.6 Å². The van der Waals surface area contributed by atoms with Gasteiger partial charge in [0, 0.05) is 11.3 Å². The van der Waals surface area contributed by atoms with E-state index < -0.39 is 17.7 Å². The minimum absolute atomic E-state index is 0.0742. The van der Waals surface area contributed by atoms with Crippen molar-refractivity contribution in [3.8, 4) is 0 Å². The Labute approximate surface area is 114 Å². The summed E-state index contributed by atoms with van der Waals surface area (Å²) in [6, 6.07) is 9.70. The van der Waals surface area contributed by atoms with Crippen LogP contribution in [0.3, 0.4) is 0 Å². The number of rotatable bonds is 3. The van der Waals surface area contributed by atoms with Gasteiger partial charge >= 0.3 is 5.97 Å². The van der Waals surface area contributed by atoms with Crippen LogP contribution in [0.2, 0.25) is 0 Å². The van der Waals surface area contributed by atoms with Crippen LogP contribution in [0, 0.1) is 12.7 Å². The standard InChI is InChI=1S/C15H12FNO3/c1-9-5-6-11(15(19)20)8-13(9)17-14(18)10-3-2-4-12(16)7-10/h2-8H,1H3,(H,17,18)(H,19,20). The van der Waals surface area contributed by atoms with Crippen molar-refractivity contribution in [2.75, 3.05) is 5.32 Å². The van der Waals surface area contributed by atoms with Gasteiger partial charge in [-0.1, -0.05) is 12.1 Å². The van der Waals surface area contributed by atoms with E-state index in [2.05, 4.69) is 5.32 Å². The van der Waals surface area contributed by atoms with E-state index in [0.717, 1.165) is 11.6 Å². The van der Waals surface area contributed by atoms with Crippen LogP contribution >= 0.6 is 0 Å². The van der Waals surface area contributed by atoms with E-state index in [4.69, 9.17) is 5.11 Å². The third kappa shape index (κ3) is 3.00. The highest BCUT2D eigenvalue weighted by Crippen LogP contribution is 2.18. The molecule has 102 valence electrons. The zero-order valence-corrected chi connectivity index (χ0v) is 10.7. The van der Waals surface area contributed by atoms with Crippen molar-refractivity contribution in [3.63, 3.8) is 0 Å². The number of carboxylic acids is 1. The Kier molecular flexibility index (Phi) is 3.79. The van der Waals surface area contributed by atoms with E-state index in [1.54, 1.807) is 13.0 Å². The van der Waals surface area contributed by atoms with Gasteiger partial charge in [0.25, 0.3) is 5.91 Å². The first kappa shape index (κ1) is 13.7. The lowest BCUT2D eigenvalue weighted by Gasteiger charge is -2.09. The molecule has 2 rings (SSSR count). The molecule has 0 spiro atoms. The molecule has 1 amide bonds. The third-order valence-corrected chi connectivity index (χ3v) is 2.82. The van der Waals surface area contributed by atoms with E-state index in [-0.39, 0.29) is 11.1 Å². The average Bonchev–Trinajstić information content (AvgIpc) is 2.41. The fraction of sp³-hybridized carbons (Fsp3) is 0.0667. The largest absolute Gasteiger partial charge is 0.478 e. The molecule has 0 aromatic heterocycles. The van der Waals surface area contributed by atoms with Gasteiger partial charge in [0.2, 0.25) is 0 Å². The Balaban J connectivity index is 2.27. The number of amides is 1. The average molecular weight is 273 g/mol. The molecule has 0 aliphatic rings. The Bertz CT molecular complexity index is 683. The smallest absolute Gasteiger partial charge is 0.335 e. The molecule has 0 saturated carbocycles. The van der Waals surface area contributed by atoms with Gasteiger partial charge < -0.3 is 10.4 Å². The maximum Gasteiger partial charge on any atom is 0.335 e. The Hall–Kier alpha value is -2.69. The van der Waals surface area contributed by atoms with E-state index in [0.29, 0.717) is 5.69 Å². The van der Waals surface area contributed by atoms with Gasteiger partial charge in [-0.25, -0.2) is 9.18 Å². The first-order chi connectivity index (χ1) is 9.47. The molecule has 0 aliphatic carbocycles. The first-order valence-corrected chi connectivity index (χ1v) is 5.88. The highest BCUT2D eigenvalue weighted by atomic mass is 19.1. The topological polar surface area (TPSA) is 66.4 Å². The van der Waals surface area contributed by atoms with Crippen LogP contribution in [0.4, 0.5) is 10.1 Å². The molecule has 0 aliphatic heterocycles. The van der Waals surface area contributed by atoms with Crippen LogP contribution in [0.25, 0.3) is 0 Å². The molecular formula is C15H12FNO3. The SMILES string of the molecule is Cc1ccc(C(=O)O)cc1NC(=O)c1cccc(F)c1. The van der Waals surface area contributed by atoms with E-state index in [9.17, 15) is 14.0 Å². The van der Waals surface area contributed by atoms with Gasteiger partial charge in [-0.15, -0.1) is 0 Å². The number of hydrogen-bond acceptors (Lipinski definition) is 2. The summed E-state index contributed by atoms with van der Waals surface area (Å²) < 4.78 is 13.1. The van der Waals surface area contributed by atoms with Crippen molar-refractivity contribution < 1.29 is 19.1 Å². The molecule has 0 unspecified atom stereocenters. The zero-order chi connectivity index (χ0) is 14.7. The number of aromatic carboxylic acids is 1. The maximum atomic E-state index is 13.1. The zero-order valence-electron chi connectivity index (χ0n) is 10.7. The molecule has 2 aromatic carbocycles. The van der Waals surface area contributed by atoms with Crippen LogP contribution in [-0.4, -0.2) is 17.0 Å². The number of carbonyl (C=O) groups is 2. The summed E-state index contributed by atoms with van der Waals surface area (Å²) in [4.78, 5) is 22.9. The molecule has 0 atom stereocenters. The third-order valence-electron chi connectivity index (χ3n) is 2.82. The van der Waals surface area contributed by atoms with Crippen molar-refractivity contribution in [3.05, 3.63) is 65.0 Å². The number of carbonyl (C=O) groups excluding carboxylic acids is 1. The molecule has 2 N–H and O–H groups in total. The second-order valence-electron chi connectivity index (χ2n) is 4.30. The lowest BCUT2D eigenvalue weighted by molar-refractivity contribution is 0.0696. The van der Waals surface area contributed by atoms with Crippen LogP contribution < -0.4 is 5.32 Å². The number of nitrogens with one attached hydrogen (secondary N) is 1. The normalized spacial score (nSPS) is 10.1. The summed E-state index contributed by atoms with van der Waals surface area (Å²) in [7, 11) is 0. The molecule has 20 heavy (non-hydrogen) atoms. The highest BCUT2D eigenvalue weighted by molar-refractivity contribution is 6.05. The number of anilines is 1. The molecular weight excluding hydrogens is 261 g/mol. The van der Waals surface area contributed by atoms with Gasteiger partial charge in [0.15, 0.2) is 0 Å². The lowest BCUT2D eigenvalue weighted by atomic mass is 10.1. The number of carboxylic acid groups (broad SMARTS) is 1. The van der Waals surface area contributed by atoms with Crippen LogP contribution in [0.15, 0.2) is 42.5 Å². The van der Waals surface area contributed by atoms with Crippen molar-refractivity contribution in [1.82, 2.24) is 0 Å². The summed E-state index contributed by atoms with van der Waals surface area (Å²) in [5, 5.41) is 11.5. The predicted molar refractivity (Wildman–Crippen MR) is 72.5 cm³/mol. The second kappa shape index (κ2) is 5.52. The van der Waals surface area contributed by atoms with Crippen molar-refractivity contribution in [2.24, 2.45) is 0 Å².